The summed E-state index contributed by atoms with van der Waals surface area (Å²) >= 11 is 0. The third-order valence-electron chi connectivity index (χ3n) is 5.28. The molecule has 0 saturated carbocycles. The maximum Gasteiger partial charge on any atom is 0.255 e. The van der Waals surface area contributed by atoms with Crippen LogP contribution in [-0.2, 0) is 6.54 Å². The molecular weight excluding hydrogens is 358 g/mol. The van der Waals surface area contributed by atoms with Gasteiger partial charge < -0.3 is 5.32 Å². The van der Waals surface area contributed by atoms with E-state index in [1.807, 2.05) is 24.3 Å². The summed E-state index contributed by atoms with van der Waals surface area (Å²) in [6.07, 6.45) is 2.60. The summed E-state index contributed by atoms with van der Waals surface area (Å²) in [7, 11) is 0. The topological polar surface area (TPSA) is 56.1 Å². The Kier molecular flexibility index (Phi) is 5.69. The molecule has 0 atom stereocenters. The Morgan fingerprint density at radius 1 is 0.931 bits per heavy atom. The molecule has 0 spiro atoms. The summed E-state index contributed by atoms with van der Waals surface area (Å²) in [4.78, 5) is 14.9. The van der Waals surface area contributed by atoms with Crippen LogP contribution in [0.5, 0.6) is 0 Å². The fourth-order valence-electron chi connectivity index (χ4n) is 3.69. The fourth-order valence-corrected chi connectivity index (χ4v) is 3.69. The minimum absolute atomic E-state index is 0.185. The molecule has 29 heavy (non-hydrogen) atoms. The number of amides is 1. The van der Waals surface area contributed by atoms with Crippen molar-refractivity contribution in [3.05, 3.63) is 89.5 Å². The molecule has 144 valence electrons. The number of nitrogens with one attached hydrogen (secondary N) is 1. The number of nitrogens with zero attached hydrogens (tertiary/aromatic N) is 2. The molecule has 1 amide bonds. The van der Waals surface area contributed by atoms with Crippen molar-refractivity contribution in [2.75, 3.05) is 18.4 Å². The minimum Gasteiger partial charge on any atom is -0.322 e. The van der Waals surface area contributed by atoms with Gasteiger partial charge >= 0.3 is 0 Å². The molecule has 4 nitrogen and oxygen atoms in total. The summed E-state index contributed by atoms with van der Waals surface area (Å²) < 4.78 is 0. The molecule has 0 aliphatic carbocycles. The zero-order chi connectivity index (χ0) is 20.1. The van der Waals surface area contributed by atoms with E-state index in [-0.39, 0.29) is 5.91 Å². The van der Waals surface area contributed by atoms with Crippen LogP contribution in [0, 0.1) is 11.3 Å². The number of rotatable bonds is 5. The summed E-state index contributed by atoms with van der Waals surface area (Å²) in [5.41, 5.74) is 5.47. The van der Waals surface area contributed by atoms with E-state index in [2.05, 4.69) is 40.6 Å². The summed E-state index contributed by atoms with van der Waals surface area (Å²) in [6, 6.07) is 25.2. The molecule has 4 rings (SSSR count). The van der Waals surface area contributed by atoms with Gasteiger partial charge in [0.15, 0.2) is 0 Å². The summed E-state index contributed by atoms with van der Waals surface area (Å²) in [5.74, 6) is -0.185. The molecule has 1 heterocycles. The molecule has 1 saturated heterocycles. The van der Waals surface area contributed by atoms with E-state index in [1.165, 1.54) is 37.1 Å². The number of hydrogen-bond acceptors (Lipinski definition) is 3. The largest absolute Gasteiger partial charge is 0.322 e. The molecule has 4 heteroatoms. The number of carbonyl (C=O) groups excluding carboxylic acids is 1. The van der Waals surface area contributed by atoms with Gasteiger partial charge in [-0.3, -0.25) is 9.69 Å². The van der Waals surface area contributed by atoms with Crippen LogP contribution < -0.4 is 5.32 Å². The van der Waals surface area contributed by atoms with Gasteiger partial charge in [-0.25, -0.2) is 0 Å². The quantitative estimate of drug-likeness (QED) is 0.671. The molecule has 1 N–H and O–H groups in total. The second kappa shape index (κ2) is 8.72. The van der Waals surface area contributed by atoms with Gasteiger partial charge in [0.1, 0.15) is 0 Å². The first-order valence-electron chi connectivity index (χ1n) is 9.94. The maximum atomic E-state index is 12.4. The average molecular weight is 381 g/mol. The lowest BCUT2D eigenvalue weighted by Crippen LogP contribution is -2.18. The Morgan fingerprint density at radius 2 is 1.66 bits per heavy atom. The molecule has 1 fully saturated rings. The molecular formula is C25H23N3O. The first-order valence-corrected chi connectivity index (χ1v) is 9.94. The zero-order valence-electron chi connectivity index (χ0n) is 16.3. The highest BCUT2D eigenvalue weighted by Gasteiger charge is 2.12. The highest BCUT2D eigenvalue weighted by atomic mass is 16.1. The molecule has 0 aromatic heterocycles. The maximum absolute atomic E-state index is 12.4. The van der Waals surface area contributed by atoms with Gasteiger partial charge in [-0.1, -0.05) is 30.3 Å². The number of anilines is 1. The van der Waals surface area contributed by atoms with E-state index in [4.69, 9.17) is 5.26 Å². The van der Waals surface area contributed by atoms with Crippen molar-refractivity contribution >= 4 is 11.6 Å². The SMILES string of the molecule is N#Cc1ccc(C(=O)Nc2ccc(-c3cccc(CN4CCCC4)c3)cc2)cc1. The predicted molar refractivity (Wildman–Crippen MR) is 115 cm³/mol. The molecule has 0 bridgehead atoms. The number of hydrogen-bond donors (Lipinski definition) is 1. The van der Waals surface area contributed by atoms with E-state index in [9.17, 15) is 4.79 Å². The molecule has 1 aliphatic heterocycles. The third kappa shape index (κ3) is 4.71. The summed E-state index contributed by atoms with van der Waals surface area (Å²) in [5, 5.41) is 11.8. The lowest BCUT2D eigenvalue weighted by Gasteiger charge is -2.15. The summed E-state index contributed by atoms with van der Waals surface area (Å²) in [6.45, 7) is 3.39. The van der Waals surface area contributed by atoms with Crippen LogP contribution in [0.3, 0.4) is 0 Å². The molecule has 0 unspecified atom stereocenters. The Bertz CT molecular complexity index is 1030. The highest BCUT2D eigenvalue weighted by molar-refractivity contribution is 6.04. The lowest BCUT2D eigenvalue weighted by molar-refractivity contribution is 0.102. The molecule has 3 aromatic carbocycles. The molecule has 3 aromatic rings. The number of carbonyl (C=O) groups is 1. The highest BCUT2D eigenvalue weighted by Crippen LogP contribution is 2.24. The monoisotopic (exact) mass is 381 g/mol. The minimum atomic E-state index is -0.185. The first-order chi connectivity index (χ1) is 14.2. The Hall–Kier alpha value is -3.42. The van der Waals surface area contributed by atoms with Crippen LogP contribution in [0.25, 0.3) is 11.1 Å². The van der Waals surface area contributed by atoms with Gasteiger partial charge in [-0.15, -0.1) is 0 Å². The van der Waals surface area contributed by atoms with Crippen LogP contribution in [0.1, 0.15) is 34.3 Å². The first kappa shape index (κ1) is 18.9. The van der Waals surface area contributed by atoms with Crippen molar-refractivity contribution in [2.45, 2.75) is 19.4 Å². The van der Waals surface area contributed by atoms with Gasteiger partial charge in [0.2, 0.25) is 0 Å². The Labute approximate surface area is 171 Å². The van der Waals surface area contributed by atoms with Crippen molar-refractivity contribution in [1.82, 2.24) is 4.90 Å². The van der Waals surface area contributed by atoms with Crippen LogP contribution in [0.15, 0.2) is 72.8 Å². The van der Waals surface area contributed by atoms with Gasteiger partial charge in [-0.05, 0) is 85.1 Å². The van der Waals surface area contributed by atoms with Gasteiger partial charge in [0, 0.05) is 17.8 Å². The second-order valence-electron chi connectivity index (χ2n) is 7.40. The lowest BCUT2D eigenvalue weighted by atomic mass is 10.0. The molecule has 0 radical (unpaired) electrons. The van der Waals surface area contributed by atoms with Crippen LogP contribution in [0.4, 0.5) is 5.69 Å². The Balaban J connectivity index is 1.43. The van der Waals surface area contributed by atoms with Gasteiger partial charge in [-0.2, -0.15) is 5.26 Å². The van der Waals surface area contributed by atoms with Crippen molar-refractivity contribution in [2.24, 2.45) is 0 Å². The van der Waals surface area contributed by atoms with Gasteiger partial charge in [0.25, 0.3) is 5.91 Å². The van der Waals surface area contributed by atoms with E-state index >= 15 is 0 Å². The van der Waals surface area contributed by atoms with Gasteiger partial charge in [0.05, 0.1) is 11.6 Å². The predicted octanol–water partition coefficient (Wildman–Crippen LogP) is 5.07. The number of nitriles is 1. The Morgan fingerprint density at radius 3 is 2.34 bits per heavy atom. The average Bonchev–Trinajstić information content (AvgIpc) is 3.27. The van der Waals surface area contributed by atoms with E-state index in [0.717, 1.165) is 17.8 Å². The van der Waals surface area contributed by atoms with Crippen LogP contribution in [-0.4, -0.2) is 23.9 Å². The van der Waals surface area contributed by atoms with Crippen LogP contribution >= 0.6 is 0 Å². The number of likely N-dealkylation sites (tertiary alicyclic amines) is 1. The normalized spacial score (nSPS) is 13.8. The van der Waals surface area contributed by atoms with Crippen molar-refractivity contribution < 1.29 is 4.79 Å². The fraction of sp³-hybridized carbons (Fsp3) is 0.200. The molecule has 1 aliphatic rings. The van der Waals surface area contributed by atoms with E-state index in [1.54, 1.807) is 24.3 Å². The van der Waals surface area contributed by atoms with Crippen LogP contribution in [0.2, 0.25) is 0 Å². The zero-order valence-corrected chi connectivity index (χ0v) is 16.3. The second-order valence-corrected chi connectivity index (χ2v) is 7.40. The third-order valence-corrected chi connectivity index (χ3v) is 5.28. The number of benzene rings is 3. The van der Waals surface area contributed by atoms with E-state index in [0.29, 0.717) is 11.1 Å². The van der Waals surface area contributed by atoms with Crippen molar-refractivity contribution in [3.8, 4) is 17.2 Å². The smallest absolute Gasteiger partial charge is 0.255 e. The standard InChI is InChI=1S/C25H23N3O/c26-17-19-6-8-22(9-7-19)25(29)27-24-12-10-21(11-13-24)23-5-3-4-20(16-23)18-28-14-1-2-15-28/h3-13,16H,1-2,14-15,18H2,(H,27,29). The van der Waals surface area contributed by atoms with E-state index < -0.39 is 0 Å². The van der Waals surface area contributed by atoms with Crippen molar-refractivity contribution in [3.63, 3.8) is 0 Å². The van der Waals surface area contributed by atoms with Crippen molar-refractivity contribution in [1.29, 1.82) is 5.26 Å².